The van der Waals surface area contributed by atoms with Crippen LogP contribution in [0.3, 0.4) is 0 Å². The molecule has 1 atom stereocenters. The maximum atomic E-state index is 14.1. The van der Waals surface area contributed by atoms with Crippen molar-refractivity contribution in [2.24, 2.45) is 0 Å². The van der Waals surface area contributed by atoms with Crippen LogP contribution in [0.25, 0.3) is 22.4 Å². The Kier molecular flexibility index (Phi) is 5.48. The molecule has 5 heteroatoms. The van der Waals surface area contributed by atoms with Gasteiger partial charge in [0.15, 0.2) is 0 Å². The van der Waals surface area contributed by atoms with Crippen molar-refractivity contribution >= 4 is 16.9 Å². The Morgan fingerprint density at radius 2 is 1.62 bits per heavy atom. The highest BCUT2D eigenvalue weighted by atomic mass is 19.1. The molecule has 32 heavy (non-hydrogen) atoms. The first kappa shape index (κ1) is 20.4. The number of hydrogen-bond donors (Lipinski definition) is 0. The van der Waals surface area contributed by atoms with Gasteiger partial charge in [-0.05, 0) is 43.5 Å². The van der Waals surface area contributed by atoms with E-state index in [0.29, 0.717) is 13.1 Å². The second kappa shape index (κ2) is 8.58. The second-order valence-electron chi connectivity index (χ2n) is 8.49. The smallest absolute Gasteiger partial charge is 0.229 e. The molecule has 0 radical (unpaired) electrons. The standard InChI is InChI=1S/C27H26FN3O/c1-19(20-8-4-2-5-9-20)27(32)30-16-14-23(15-17-30)31-25-18-22(28)12-13-24(25)29-26(31)21-10-6-3-7-11-21/h2-13,18-19,23H,14-17H2,1H3/t19-/m0/s1. The van der Waals surface area contributed by atoms with Gasteiger partial charge in [-0.25, -0.2) is 9.37 Å². The molecule has 1 aromatic heterocycles. The molecule has 2 heterocycles. The van der Waals surface area contributed by atoms with E-state index >= 15 is 0 Å². The first-order valence-corrected chi connectivity index (χ1v) is 11.2. The highest BCUT2D eigenvalue weighted by Gasteiger charge is 2.29. The number of rotatable bonds is 4. The van der Waals surface area contributed by atoms with Crippen molar-refractivity contribution in [3.05, 3.63) is 90.2 Å². The van der Waals surface area contributed by atoms with Gasteiger partial charge in [-0.15, -0.1) is 0 Å². The summed E-state index contributed by atoms with van der Waals surface area (Å²) >= 11 is 0. The van der Waals surface area contributed by atoms with Crippen molar-refractivity contribution < 1.29 is 9.18 Å². The zero-order chi connectivity index (χ0) is 22.1. The molecule has 3 aromatic carbocycles. The summed E-state index contributed by atoms with van der Waals surface area (Å²) in [5.74, 6) is 0.603. The molecular formula is C27H26FN3O. The van der Waals surface area contributed by atoms with E-state index in [4.69, 9.17) is 4.98 Å². The number of carbonyl (C=O) groups is 1. The number of aromatic nitrogens is 2. The number of hydrogen-bond acceptors (Lipinski definition) is 2. The summed E-state index contributed by atoms with van der Waals surface area (Å²) in [6.07, 6.45) is 1.63. The van der Waals surface area contributed by atoms with E-state index in [1.807, 2.05) is 72.5 Å². The van der Waals surface area contributed by atoms with Crippen LogP contribution in [0.1, 0.15) is 37.3 Å². The molecule has 0 unspecified atom stereocenters. The van der Waals surface area contributed by atoms with E-state index in [0.717, 1.165) is 40.8 Å². The van der Waals surface area contributed by atoms with E-state index < -0.39 is 0 Å². The monoisotopic (exact) mass is 427 g/mol. The van der Waals surface area contributed by atoms with Gasteiger partial charge in [0.25, 0.3) is 0 Å². The Morgan fingerprint density at radius 1 is 0.969 bits per heavy atom. The quantitative estimate of drug-likeness (QED) is 0.412. The van der Waals surface area contributed by atoms with Gasteiger partial charge < -0.3 is 9.47 Å². The van der Waals surface area contributed by atoms with Crippen molar-refractivity contribution in [1.29, 1.82) is 0 Å². The van der Waals surface area contributed by atoms with E-state index in [1.165, 1.54) is 6.07 Å². The van der Waals surface area contributed by atoms with Gasteiger partial charge in [-0.1, -0.05) is 60.7 Å². The summed E-state index contributed by atoms with van der Waals surface area (Å²) in [6.45, 7) is 3.34. The third-order valence-corrected chi connectivity index (χ3v) is 6.49. The minimum Gasteiger partial charge on any atom is -0.342 e. The predicted molar refractivity (Wildman–Crippen MR) is 125 cm³/mol. The van der Waals surface area contributed by atoms with Crippen LogP contribution >= 0.6 is 0 Å². The van der Waals surface area contributed by atoms with E-state index in [2.05, 4.69) is 4.57 Å². The maximum absolute atomic E-state index is 14.1. The third-order valence-electron chi connectivity index (χ3n) is 6.49. The van der Waals surface area contributed by atoms with Crippen molar-refractivity contribution in [2.45, 2.75) is 31.7 Å². The first-order valence-electron chi connectivity index (χ1n) is 11.2. The molecule has 1 aliphatic heterocycles. The Bertz CT molecular complexity index is 1230. The van der Waals surface area contributed by atoms with E-state index in [1.54, 1.807) is 12.1 Å². The first-order chi connectivity index (χ1) is 15.6. The number of imidazole rings is 1. The summed E-state index contributed by atoms with van der Waals surface area (Å²) < 4.78 is 16.3. The van der Waals surface area contributed by atoms with E-state index in [9.17, 15) is 9.18 Å². The number of halogens is 1. The predicted octanol–water partition coefficient (Wildman–Crippen LogP) is 5.81. The number of amides is 1. The molecule has 1 amide bonds. The summed E-state index contributed by atoms with van der Waals surface area (Å²) in [7, 11) is 0. The third kappa shape index (κ3) is 3.79. The normalized spacial score (nSPS) is 15.8. The largest absolute Gasteiger partial charge is 0.342 e. The fourth-order valence-corrected chi connectivity index (χ4v) is 4.73. The Labute approximate surface area is 187 Å². The van der Waals surface area contributed by atoms with Crippen LogP contribution < -0.4 is 0 Å². The van der Waals surface area contributed by atoms with Gasteiger partial charge in [0, 0.05) is 24.7 Å². The molecule has 0 spiro atoms. The van der Waals surface area contributed by atoms with Crippen LogP contribution in [0, 0.1) is 5.82 Å². The topological polar surface area (TPSA) is 38.1 Å². The summed E-state index contributed by atoms with van der Waals surface area (Å²) in [4.78, 5) is 19.9. The summed E-state index contributed by atoms with van der Waals surface area (Å²) in [5, 5.41) is 0. The molecule has 5 rings (SSSR count). The molecular weight excluding hydrogens is 401 g/mol. The molecule has 0 N–H and O–H groups in total. The molecule has 1 fully saturated rings. The molecule has 1 aliphatic rings. The highest BCUT2D eigenvalue weighted by Crippen LogP contribution is 2.34. The summed E-state index contributed by atoms with van der Waals surface area (Å²) in [5.41, 5.74) is 3.66. The Hall–Kier alpha value is -3.47. The lowest BCUT2D eigenvalue weighted by Gasteiger charge is -2.35. The zero-order valence-electron chi connectivity index (χ0n) is 18.1. The molecule has 0 aliphatic carbocycles. The number of benzene rings is 3. The van der Waals surface area contributed by atoms with Crippen molar-refractivity contribution in [2.75, 3.05) is 13.1 Å². The molecule has 162 valence electrons. The van der Waals surface area contributed by atoms with Gasteiger partial charge in [0.2, 0.25) is 5.91 Å². The van der Waals surface area contributed by atoms with Gasteiger partial charge >= 0.3 is 0 Å². The van der Waals surface area contributed by atoms with E-state index in [-0.39, 0.29) is 23.7 Å². The number of piperidine rings is 1. The Balaban J connectivity index is 1.41. The SMILES string of the molecule is C[C@H](C(=O)N1CCC(n2c(-c3ccccc3)nc3ccc(F)cc32)CC1)c1ccccc1. The molecule has 4 aromatic rings. The number of fused-ring (bicyclic) bond motifs is 1. The molecule has 0 bridgehead atoms. The molecule has 1 saturated heterocycles. The minimum atomic E-state index is -0.262. The fraction of sp³-hybridized carbons (Fsp3) is 0.259. The second-order valence-corrected chi connectivity index (χ2v) is 8.49. The van der Waals surface area contributed by atoms with Crippen molar-refractivity contribution in [3.8, 4) is 11.4 Å². The lowest BCUT2D eigenvalue weighted by Crippen LogP contribution is -2.41. The highest BCUT2D eigenvalue weighted by molar-refractivity contribution is 5.83. The van der Waals surface area contributed by atoms with Crippen molar-refractivity contribution in [1.82, 2.24) is 14.5 Å². The minimum absolute atomic E-state index is 0.157. The number of nitrogens with zero attached hydrogens (tertiary/aromatic N) is 3. The van der Waals surface area contributed by atoms with Crippen LogP contribution in [0.5, 0.6) is 0 Å². The summed E-state index contributed by atoms with van der Waals surface area (Å²) in [6, 6.07) is 24.9. The van der Waals surface area contributed by atoms with Gasteiger partial charge in [-0.3, -0.25) is 4.79 Å². The average molecular weight is 428 g/mol. The maximum Gasteiger partial charge on any atom is 0.229 e. The van der Waals surface area contributed by atoms with Gasteiger partial charge in [-0.2, -0.15) is 0 Å². The van der Waals surface area contributed by atoms with Crippen molar-refractivity contribution in [3.63, 3.8) is 0 Å². The fourth-order valence-electron chi connectivity index (χ4n) is 4.73. The van der Waals surface area contributed by atoms with Crippen LogP contribution in [0.2, 0.25) is 0 Å². The zero-order valence-corrected chi connectivity index (χ0v) is 18.1. The van der Waals surface area contributed by atoms with Crippen LogP contribution in [-0.4, -0.2) is 33.4 Å². The Morgan fingerprint density at radius 3 is 2.31 bits per heavy atom. The lowest BCUT2D eigenvalue weighted by molar-refractivity contribution is -0.133. The number of likely N-dealkylation sites (tertiary alicyclic amines) is 1. The number of carbonyl (C=O) groups excluding carboxylic acids is 1. The van der Waals surface area contributed by atoms with Gasteiger partial charge in [0.05, 0.1) is 17.0 Å². The average Bonchev–Trinajstić information content (AvgIpc) is 3.23. The molecule has 4 nitrogen and oxygen atoms in total. The lowest BCUT2D eigenvalue weighted by atomic mass is 9.97. The van der Waals surface area contributed by atoms with Crippen LogP contribution in [-0.2, 0) is 4.79 Å². The molecule has 0 saturated carbocycles. The van der Waals surface area contributed by atoms with Gasteiger partial charge in [0.1, 0.15) is 11.6 Å². The van der Waals surface area contributed by atoms with Crippen LogP contribution in [0.15, 0.2) is 78.9 Å². The van der Waals surface area contributed by atoms with Crippen LogP contribution in [0.4, 0.5) is 4.39 Å².